The van der Waals surface area contributed by atoms with Crippen LogP contribution in [-0.4, -0.2) is 95.7 Å². The highest BCUT2D eigenvalue weighted by atomic mass is 16.5. The lowest BCUT2D eigenvalue weighted by Gasteiger charge is -2.45. The van der Waals surface area contributed by atoms with Crippen molar-refractivity contribution in [1.82, 2.24) is 25.0 Å². The van der Waals surface area contributed by atoms with E-state index >= 15 is 0 Å². The number of hydrogen-bond acceptors (Lipinski definition) is 5. The number of likely N-dealkylation sites (tertiary alicyclic amines) is 1. The zero-order valence-electron chi connectivity index (χ0n) is 25.8. The quantitative estimate of drug-likeness (QED) is 0.393. The van der Waals surface area contributed by atoms with Gasteiger partial charge in [0, 0.05) is 85.2 Å². The number of rotatable bonds is 5. The standard InChI is InChI=1S/C20H28N4O.C13H21NO2/c1-4-24(5-2)20(25)22-14-10-16-15-7-6-8-17-19(15)13(11-21-17)9-18(16)23(3)12-14;1-4-9(2)13(15)16-12-7-10-5-6-11(8-12)14(10)3/h6-8,11,14,16,18,21H,4-5,9-10,12H2,1-3H3,(H,22,25);4,10-12H,5-8H2,1-3H3/b;9-4+/t14-,16+,18+;10-,11+,12-/m0./s1. The van der Waals surface area contributed by atoms with E-state index in [-0.39, 0.29) is 24.1 Å². The van der Waals surface area contributed by atoms with Gasteiger partial charge in [0.1, 0.15) is 6.10 Å². The van der Waals surface area contributed by atoms with Crippen molar-refractivity contribution < 1.29 is 14.3 Å². The maximum atomic E-state index is 12.5. The normalized spacial score (nSPS) is 29.4. The predicted molar refractivity (Wildman–Crippen MR) is 164 cm³/mol. The van der Waals surface area contributed by atoms with Crippen molar-refractivity contribution in [3.8, 4) is 0 Å². The number of ether oxygens (including phenoxy) is 1. The molecule has 8 heteroatoms. The molecule has 6 rings (SSSR count). The molecular formula is C33H49N5O3. The summed E-state index contributed by atoms with van der Waals surface area (Å²) in [6, 6.07) is 8.64. The van der Waals surface area contributed by atoms with Crippen LogP contribution in [0.1, 0.15) is 76.8 Å². The molecular weight excluding hydrogens is 514 g/mol. The smallest absolute Gasteiger partial charge is 0.333 e. The first-order chi connectivity index (χ1) is 19.7. The predicted octanol–water partition coefficient (Wildman–Crippen LogP) is 5.05. The summed E-state index contributed by atoms with van der Waals surface area (Å²) < 4.78 is 5.54. The van der Waals surface area contributed by atoms with Crippen LogP contribution in [0.25, 0.3) is 10.9 Å². The maximum Gasteiger partial charge on any atom is 0.333 e. The van der Waals surface area contributed by atoms with Gasteiger partial charge in [0.2, 0.25) is 0 Å². The van der Waals surface area contributed by atoms with Crippen LogP contribution in [0.15, 0.2) is 36.0 Å². The number of H-pyrrole nitrogens is 1. The molecule has 2 aromatic rings. The van der Waals surface area contributed by atoms with Crippen LogP contribution < -0.4 is 5.32 Å². The molecule has 1 aliphatic carbocycles. The molecule has 6 atom stereocenters. The first-order valence-corrected chi connectivity index (χ1v) is 15.6. The molecule has 0 radical (unpaired) electrons. The van der Waals surface area contributed by atoms with Crippen molar-refractivity contribution in [2.24, 2.45) is 0 Å². The van der Waals surface area contributed by atoms with E-state index in [1.54, 1.807) is 0 Å². The van der Waals surface area contributed by atoms with Crippen molar-refractivity contribution in [3.05, 3.63) is 47.2 Å². The Hall–Kier alpha value is -2.84. The molecule has 3 fully saturated rings. The van der Waals surface area contributed by atoms with Gasteiger partial charge in [0.15, 0.2) is 0 Å². The second-order valence-electron chi connectivity index (χ2n) is 12.5. The Morgan fingerprint density at radius 2 is 1.83 bits per heavy atom. The number of esters is 1. The number of likely N-dealkylation sites (N-methyl/N-ethyl adjacent to an activating group) is 1. The van der Waals surface area contributed by atoms with Gasteiger partial charge in [-0.3, -0.25) is 0 Å². The zero-order chi connectivity index (χ0) is 29.3. The zero-order valence-corrected chi connectivity index (χ0v) is 25.8. The van der Waals surface area contributed by atoms with Crippen LogP contribution in [-0.2, 0) is 16.0 Å². The van der Waals surface area contributed by atoms with Gasteiger partial charge in [-0.15, -0.1) is 0 Å². The molecule has 3 saturated heterocycles. The second kappa shape index (κ2) is 12.6. The van der Waals surface area contributed by atoms with Crippen molar-refractivity contribution >= 4 is 22.9 Å². The average molecular weight is 564 g/mol. The first-order valence-electron chi connectivity index (χ1n) is 15.6. The Labute approximate surface area is 245 Å². The number of nitrogens with zero attached hydrogens (tertiary/aromatic N) is 3. The summed E-state index contributed by atoms with van der Waals surface area (Å²) in [4.78, 5) is 34.3. The number of benzene rings is 1. The van der Waals surface area contributed by atoms with Crippen molar-refractivity contribution in [2.45, 2.75) is 102 Å². The summed E-state index contributed by atoms with van der Waals surface area (Å²) in [5.74, 6) is 0.337. The Kier molecular flexibility index (Phi) is 9.09. The largest absolute Gasteiger partial charge is 0.459 e. The van der Waals surface area contributed by atoms with Gasteiger partial charge >= 0.3 is 12.0 Å². The molecule has 41 heavy (non-hydrogen) atoms. The van der Waals surface area contributed by atoms with E-state index in [1.807, 2.05) is 38.7 Å². The third kappa shape index (κ3) is 6.05. The van der Waals surface area contributed by atoms with E-state index in [2.05, 4.69) is 58.6 Å². The minimum absolute atomic E-state index is 0.0678. The van der Waals surface area contributed by atoms with Gasteiger partial charge in [-0.2, -0.15) is 0 Å². The minimum Gasteiger partial charge on any atom is -0.459 e. The lowest BCUT2D eigenvalue weighted by molar-refractivity contribution is -0.147. The average Bonchev–Trinajstić information content (AvgIpc) is 3.45. The number of aromatic amines is 1. The molecule has 224 valence electrons. The van der Waals surface area contributed by atoms with Gasteiger partial charge in [0.05, 0.1) is 0 Å². The number of carbonyl (C=O) groups excluding carboxylic acids is 2. The maximum absolute atomic E-state index is 12.5. The van der Waals surface area contributed by atoms with Crippen molar-refractivity contribution in [3.63, 3.8) is 0 Å². The number of hydrogen-bond donors (Lipinski definition) is 2. The molecule has 4 heterocycles. The number of piperidine rings is 2. The summed E-state index contributed by atoms with van der Waals surface area (Å²) in [7, 11) is 4.39. The van der Waals surface area contributed by atoms with Crippen molar-refractivity contribution in [1.29, 1.82) is 0 Å². The lowest BCUT2D eigenvalue weighted by Crippen LogP contribution is -2.56. The molecule has 0 saturated carbocycles. The Morgan fingerprint density at radius 3 is 2.49 bits per heavy atom. The Balaban J connectivity index is 0.000000182. The van der Waals surface area contributed by atoms with Crippen molar-refractivity contribution in [2.75, 3.05) is 33.7 Å². The van der Waals surface area contributed by atoms with E-state index in [9.17, 15) is 9.59 Å². The fraction of sp³-hybridized carbons (Fsp3) is 0.636. The number of urea groups is 1. The van der Waals surface area contributed by atoms with E-state index < -0.39 is 0 Å². The van der Waals surface area contributed by atoms with Crippen LogP contribution in [0.3, 0.4) is 0 Å². The highest BCUT2D eigenvalue weighted by Crippen LogP contribution is 2.43. The monoisotopic (exact) mass is 563 g/mol. The van der Waals surface area contributed by atoms with Gasteiger partial charge in [0.25, 0.3) is 0 Å². The van der Waals surface area contributed by atoms with Gasteiger partial charge in [-0.25, -0.2) is 9.59 Å². The lowest BCUT2D eigenvalue weighted by atomic mass is 9.74. The molecule has 1 aromatic carbocycles. The van der Waals surface area contributed by atoms with Gasteiger partial charge in [-0.05, 0) is 84.7 Å². The summed E-state index contributed by atoms with van der Waals surface area (Å²) in [5, 5.41) is 4.68. The Bertz CT molecular complexity index is 1250. The highest BCUT2D eigenvalue weighted by Gasteiger charge is 2.41. The molecule has 2 N–H and O–H groups in total. The molecule has 3 aliphatic heterocycles. The third-order valence-corrected chi connectivity index (χ3v) is 10.2. The van der Waals surface area contributed by atoms with E-state index in [4.69, 9.17) is 4.74 Å². The SMILES string of the molecule is C/C=C(\C)C(=O)O[C@@H]1C[C@H]2CC[C@@H](C1)N2C.CCN(CC)C(=O)N[C@H]1C[C@@H]2c3cccc4[nH]cc(c34)C[C@H]2N(C)C1. The van der Waals surface area contributed by atoms with Crippen LogP contribution in [0, 0.1) is 0 Å². The number of fused-ring (bicyclic) bond motifs is 4. The van der Waals surface area contributed by atoms with Crippen LogP contribution in [0.4, 0.5) is 4.79 Å². The first kappa shape index (κ1) is 29.6. The number of aromatic nitrogens is 1. The van der Waals surface area contributed by atoms with E-state index in [0.29, 0.717) is 29.6 Å². The summed E-state index contributed by atoms with van der Waals surface area (Å²) >= 11 is 0. The molecule has 0 unspecified atom stereocenters. The number of nitrogens with one attached hydrogen (secondary N) is 2. The van der Waals surface area contributed by atoms with E-state index in [0.717, 1.165) is 45.3 Å². The summed E-state index contributed by atoms with van der Waals surface area (Å²) in [6.07, 6.45) is 10.8. The van der Waals surface area contributed by atoms with Crippen LogP contribution >= 0.6 is 0 Å². The molecule has 0 spiro atoms. The highest BCUT2D eigenvalue weighted by molar-refractivity contribution is 5.88. The minimum atomic E-state index is -0.142. The second-order valence-corrected chi connectivity index (χ2v) is 12.5. The van der Waals surface area contributed by atoms with Crippen LogP contribution in [0.2, 0.25) is 0 Å². The van der Waals surface area contributed by atoms with Crippen LogP contribution in [0.5, 0.6) is 0 Å². The molecule has 4 aliphatic rings. The fourth-order valence-electron chi connectivity index (χ4n) is 7.64. The summed E-state index contributed by atoms with van der Waals surface area (Å²) in [5.41, 5.74) is 4.83. The van der Waals surface area contributed by atoms with Gasteiger partial charge < -0.3 is 29.7 Å². The number of carbonyl (C=O) groups is 2. The Morgan fingerprint density at radius 1 is 1.12 bits per heavy atom. The van der Waals surface area contributed by atoms with Gasteiger partial charge in [-0.1, -0.05) is 18.2 Å². The van der Waals surface area contributed by atoms with E-state index in [1.165, 1.54) is 34.9 Å². The molecule has 2 bridgehead atoms. The topological polar surface area (TPSA) is 80.9 Å². The third-order valence-electron chi connectivity index (χ3n) is 10.2. The molecule has 2 amide bonds. The summed E-state index contributed by atoms with van der Waals surface area (Å²) in [6.45, 7) is 10.2. The molecule has 1 aromatic heterocycles. The fourth-order valence-corrected chi connectivity index (χ4v) is 7.64. The number of amides is 2. The number of allylic oxidation sites excluding steroid dienone is 1. The molecule has 8 nitrogen and oxygen atoms in total.